The van der Waals surface area contributed by atoms with Crippen LogP contribution in [0.4, 0.5) is 11.5 Å². The van der Waals surface area contributed by atoms with Crippen molar-refractivity contribution in [1.82, 2.24) is 9.97 Å². The number of aromatic nitrogens is 2. The van der Waals surface area contributed by atoms with Crippen LogP contribution in [0.2, 0.25) is 5.02 Å². The van der Waals surface area contributed by atoms with Crippen LogP contribution in [0, 0.1) is 24.7 Å². The Morgan fingerprint density at radius 3 is 2.63 bits per heavy atom. The zero-order chi connectivity index (χ0) is 24.2. The largest absolute Gasteiger partial charge is 0.384 e. The number of nitrogens with zero attached hydrogens (tertiary/aromatic N) is 2. The quantitative estimate of drug-likeness (QED) is 0.389. The second kappa shape index (κ2) is 11.2. The average Bonchev–Trinajstić information content (AvgIpc) is 3.59. The fourth-order valence-electron chi connectivity index (χ4n) is 6.09. The highest BCUT2D eigenvalue weighted by molar-refractivity contribution is 6.31. The summed E-state index contributed by atoms with van der Waals surface area (Å²) in [6.07, 6.45) is 16.2. The average molecular weight is 491 g/mol. The fraction of sp³-hybridized carbons (Fsp3) is 0.533. The molecule has 2 aliphatic carbocycles. The van der Waals surface area contributed by atoms with Crippen molar-refractivity contribution in [3.8, 4) is 0 Å². The molecule has 1 aromatic carbocycles. The van der Waals surface area contributed by atoms with Gasteiger partial charge in [-0.05, 0) is 106 Å². The first kappa shape index (κ1) is 24.4. The van der Waals surface area contributed by atoms with Crippen LogP contribution in [0.15, 0.2) is 42.6 Å². The molecule has 4 unspecified atom stereocenters. The van der Waals surface area contributed by atoms with E-state index in [4.69, 9.17) is 17.3 Å². The van der Waals surface area contributed by atoms with Crippen molar-refractivity contribution in [1.29, 1.82) is 0 Å². The second-order valence-electron chi connectivity index (χ2n) is 11.0. The molecule has 4 atom stereocenters. The molecule has 2 aromatic heterocycles. The Morgan fingerprint density at radius 1 is 0.943 bits per heavy atom. The van der Waals surface area contributed by atoms with Gasteiger partial charge in [-0.1, -0.05) is 43.4 Å². The molecule has 0 spiro atoms. The van der Waals surface area contributed by atoms with Gasteiger partial charge in [-0.2, -0.15) is 0 Å². The summed E-state index contributed by atoms with van der Waals surface area (Å²) < 4.78 is 0. The van der Waals surface area contributed by atoms with Crippen LogP contribution in [-0.4, -0.2) is 16.0 Å². The van der Waals surface area contributed by atoms with E-state index in [2.05, 4.69) is 46.5 Å². The van der Waals surface area contributed by atoms with Crippen molar-refractivity contribution in [3.05, 3.63) is 58.9 Å². The SMILES string of the molecule is Cc1nc(N)ccc1NC1CCCCCC(Cc2ccc3ncc(Cl)cc3c2)CCC2CC2CC1. The Hall–Kier alpha value is -2.33. The zero-order valence-electron chi connectivity index (χ0n) is 21.0. The molecule has 0 saturated heterocycles. The van der Waals surface area contributed by atoms with Gasteiger partial charge < -0.3 is 11.1 Å². The molecule has 0 amide bonds. The topological polar surface area (TPSA) is 63.8 Å². The van der Waals surface area contributed by atoms with Gasteiger partial charge in [0.2, 0.25) is 0 Å². The Labute approximate surface area is 215 Å². The number of hydrogen-bond donors (Lipinski definition) is 2. The van der Waals surface area contributed by atoms with E-state index in [0.717, 1.165) is 40.0 Å². The molecule has 5 heteroatoms. The van der Waals surface area contributed by atoms with Crippen molar-refractivity contribution in [2.75, 3.05) is 11.1 Å². The first-order chi connectivity index (χ1) is 17.0. The second-order valence-corrected chi connectivity index (χ2v) is 11.4. The summed E-state index contributed by atoms with van der Waals surface area (Å²) in [5.74, 6) is 3.25. The van der Waals surface area contributed by atoms with Gasteiger partial charge in [0, 0.05) is 17.6 Å². The van der Waals surface area contributed by atoms with E-state index in [1.54, 1.807) is 6.20 Å². The molecule has 2 heterocycles. The number of rotatable bonds is 4. The van der Waals surface area contributed by atoms with Crippen LogP contribution < -0.4 is 11.1 Å². The first-order valence-corrected chi connectivity index (χ1v) is 13.9. The lowest BCUT2D eigenvalue weighted by atomic mass is 9.88. The van der Waals surface area contributed by atoms with Gasteiger partial charge in [0.15, 0.2) is 0 Å². The predicted octanol–water partition coefficient (Wildman–Crippen LogP) is 7.97. The Bertz CT molecular complexity index is 1150. The molecule has 3 N–H and O–H groups in total. The number of halogens is 1. The zero-order valence-corrected chi connectivity index (χ0v) is 21.7. The van der Waals surface area contributed by atoms with Crippen molar-refractivity contribution in [2.24, 2.45) is 17.8 Å². The smallest absolute Gasteiger partial charge is 0.123 e. The molecular weight excluding hydrogens is 452 g/mol. The van der Waals surface area contributed by atoms with Gasteiger partial charge in [-0.3, -0.25) is 4.98 Å². The van der Waals surface area contributed by atoms with Gasteiger partial charge in [0.25, 0.3) is 0 Å². The van der Waals surface area contributed by atoms with Gasteiger partial charge in [0.1, 0.15) is 5.82 Å². The lowest BCUT2D eigenvalue weighted by molar-refractivity contribution is 0.398. The van der Waals surface area contributed by atoms with Gasteiger partial charge >= 0.3 is 0 Å². The highest BCUT2D eigenvalue weighted by Crippen LogP contribution is 2.47. The maximum Gasteiger partial charge on any atom is 0.123 e. The van der Waals surface area contributed by atoms with E-state index in [-0.39, 0.29) is 0 Å². The molecule has 5 rings (SSSR count). The minimum atomic E-state index is 0.537. The Balaban J connectivity index is 1.20. The number of benzene rings is 1. The van der Waals surface area contributed by atoms with E-state index in [9.17, 15) is 0 Å². The molecule has 35 heavy (non-hydrogen) atoms. The standard InChI is InChI=1S/C30H39ClN4/c1-20-28(13-14-30(32)34-20)35-27-6-4-2-3-5-21(7-9-23-17-24(23)10-11-27)15-22-8-12-29-25(16-22)18-26(31)19-33-29/h8,12-14,16,18-19,21,23-24,27,35H,2-7,9-11,15,17H2,1H3,(H2,32,34). The lowest BCUT2D eigenvalue weighted by Crippen LogP contribution is -2.21. The molecule has 186 valence electrons. The number of nitrogens with two attached hydrogens (primary N) is 1. The highest BCUT2D eigenvalue weighted by atomic mass is 35.5. The Morgan fingerprint density at radius 2 is 1.77 bits per heavy atom. The minimum absolute atomic E-state index is 0.537. The number of anilines is 2. The first-order valence-electron chi connectivity index (χ1n) is 13.6. The van der Waals surface area contributed by atoms with Crippen molar-refractivity contribution >= 4 is 34.0 Å². The number of aryl methyl sites for hydroxylation is 1. The third kappa shape index (κ3) is 6.67. The van der Waals surface area contributed by atoms with Crippen LogP contribution in [0.3, 0.4) is 0 Å². The summed E-state index contributed by atoms with van der Waals surface area (Å²) in [5.41, 5.74) is 10.5. The summed E-state index contributed by atoms with van der Waals surface area (Å²) in [6.45, 7) is 2.05. The summed E-state index contributed by atoms with van der Waals surface area (Å²) in [4.78, 5) is 8.90. The number of hydrogen-bond acceptors (Lipinski definition) is 4. The van der Waals surface area contributed by atoms with E-state index in [1.807, 2.05) is 12.1 Å². The normalized spacial score (nSPS) is 25.7. The van der Waals surface area contributed by atoms with Crippen molar-refractivity contribution in [3.63, 3.8) is 0 Å². The van der Waals surface area contributed by atoms with Crippen LogP contribution >= 0.6 is 11.6 Å². The van der Waals surface area contributed by atoms with E-state index >= 15 is 0 Å². The van der Waals surface area contributed by atoms with Crippen molar-refractivity contribution < 1.29 is 0 Å². The van der Waals surface area contributed by atoms with Gasteiger partial charge in [0.05, 0.1) is 21.9 Å². The monoisotopic (exact) mass is 490 g/mol. The van der Waals surface area contributed by atoms with Crippen LogP contribution in [0.1, 0.15) is 75.5 Å². The summed E-state index contributed by atoms with van der Waals surface area (Å²) in [6, 6.07) is 13.3. The number of nitrogen functional groups attached to an aromatic ring is 1. The molecular formula is C30H39ClN4. The number of nitrogens with one attached hydrogen (secondary N) is 1. The molecule has 2 saturated carbocycles. The molecule has 2 fully saturated rings. The molecule has 0 radical (unpaired) electrons. The Kier molecular flexibility index (Phi) is 7.77. The van der Waals surface area contributed by atoms with Crippen LogP contribution in [0.5, 0.6) is 0 Å². The number of fused-ring (bicyclic) bond motifs is 2. The molecule has 0 aliphatic heterocycles. The summed E-state index contributed by atoms with van der Waals surface area (Å²) in [5, 5.41) is 5.68. The molecule has 3 aromatic rings. The maximum atomic E-state index is 6.19. The van der Waals surface area contributed by atoms with Crippen molar-refractivity contribution in [2.45, 2.75) is 83.6 Å². The fourth-order valence-corrected chi connectivity index (χ4v) is 6.25. The van der Waals surface area contributed by atoms with Gasteiger partial charge in [-0.15, -0.1) is 0 Å². The van der Waals surface area contributed by atoms with Crippen LogP contribution in [-0.2, 0) is 6.42 Å². The third-order valence-corrected chi connectivity index (χ3v) is 8.48. The highest BCUT2D eigenvalue weighted by Gasteiger charge is 2.36. The summed E-state index contributed by atoms with van der Waals surface area (Å²) >= 11 is 6.19. The van der Waals surface area contributed by atoms with E-state index < -0.39 is 0 Å². The van der Waals surface area contributed by atoms with Crippen LogP contribution in [0.25, 0.3) is 10.9 Å². The predicted molar refractivity (Wildman–Crippen MR) is 148 cm³/mol. The summed E-state index contributed by atoms with van der Waals surface area (Å²) in [7, 11) is 0. The molecule has 4 nitrogen and oxygen atoms in total. The molecule has 0 bridgehead atoms. The minimum Gasteiger partial charge on any atom is -0.384 e. The third-order valence-electron chi connectivity index (χ3n) is 8.27. The number of pyridine rings is 2. The molecule has 2 aliphatic rings. The van der Waals surface area contributed by atoms with E-state index in [0.29, 0.717) is 16.9 Å². The van der Waals surface area contributed by atoms with E-state index in [1.165, 1.54) is 76.2 Å². The lowest BCUT2D eigenvalue weighted by Gasteiger charge is -2.21. The van der Waals surface area contributed by atoms with Gasteiger partial charge in [-0.25, -0.2) is 4.98 Å². The maximum absolute atomic E-state index is 6.19.